The summed E-state index contributed by atoms with van der Waals surface area (Å²) in [6.45, 7) is 11.0. The second kappa shape index (κ2) is 10.8. The highest BCUT2D eigenvalue weighted by Crippen LogP contribution is 2.41. The Labute approximate surface area is 193 Å². The van der Waals surface area contributed by atoms with Gasteiger partial charge in [-0.25, -0.2) is 26.3 Å². The lowest BCUT2D eigenvalue weighted by atomic mass is 9.71. The van der Waals surface area contributed by atoms with Crippen LogP contribution in [-0.2, 0) is 32.1 Å². The summed E-state index contributed by atoms with van der Waals surface area (Å²) in [5, 5.41) is 10.8. The quantitative estimate of drug-likeness (QED) is 0.445. The van der Waals surface area contributed by atoms with Crippen molar-refractivity contribution in [1.29, 1.82) is 0 Å². The molecule has 1 atom stereocenters. The smallest absolute Gasteiger partial charge is 0.235 e. The molecule has 0 spiro atoms. The monoisotopic (exact) mass is 486 g/mol. The molecule has 0 saturated heterocycles. The van der Waals surface area contributed by atoms with Gasteiger partial charge in [0.05, 0.1) is 10.9 Å². The maximum absolute atomic E-state index is 12.0. The number of benzene rings is 1. The molecule has 0 bridgehead atoms. The van der Waals surface area contributed by atoms with Gasteiger partial charge in [0.2, 0.25) is 20.0 Å². The predicted octanol–water partition coefficient (Wildman–Crippen LogP) is 3.02. The summed E-state index contributed by atoms with van der Waals surface area (Å²) in [6, 6.07) is 7.70. The minimum atomic E-state index is -3.45. The summed E-state index contributed by atoms with van der Waals surface area (Å²) in [4.78, 5) is 0.0947. The zero-order valence-corrected chi connectivity index (χ0v) is 21.2. The van der Waals surface area contributed by atoms with Crippen molar-refractivity contribution >= 4 is 20.0 Å². The van der Waals surface area contributed by atoms with Crippen LogP contribution in [0.25, 0.3) is 0 Å². The van der Waals surface area contributed by atoms with Gasteiger partial charge in [0.15, 0.2) is 0 Å². The molecule has 7 nitrogen and oxygen atoms in total. The van der Waals surface area contributed by atoms with E-state index in [4.69, 9.17) is 0 Å². The van der Waals surface area contributed by atoms with Crippen molar-refractivity contribution in [2.75, 3.05) is 13.1 Å². The Morgan fingerprint density at radius 3 is 2.16 bits per heavy atom. The van der Waals surface area contributed by atoms with E-state index in [2.05, 4.69) is 22.9 Å². The summed E-state index contributed by atoms with van der Waals surface area (Å²) in [5.41, 5.74) is 0.977. The summed E-state index contributed by atoms with van der Waals surface area (Å²) in [6.07, 6.45) is 3.50. The molecule has 182 valence electrons. The number of hydrogen-bond acceptors (Lipinski definition) is 5. The number of hydrogen-bond donors (Lipinski definition) is 3. The molecule has 3 N–H and O–H groups in total. The lowest BCUT2D eigenvalue weighted by molar-refractivity contribution is -0.0207. The largest absolute Gasteiger partial charge is 0.385 e. The van der Waals surface area contributed by atoms with Crippen LogP contribution in [0, 0.1) is 11.8 Å². The molecule has 1 aliphatic rings. The standard InChI is InChI=1S/C23H38N2O5S2/c1-17(2)31(27,28)24-15-12-20-6-8-22(9-7-20)23(26)13-10-21(11-14-23)19(5)16-25-32(29,30)18(3)4/h6-9,18-19,21,24-26H,1,10-16H2,2-5H3. The highest BCUT2D eigenvalue weighted by atomic mass is 32.2. The molecule has 0 heterocycles. The molecule has 1 aliphatic carbocycles. The number of rotatable bonds is 11. The first-order valence-corrected chi connectivity index (χ1v) is 14.3. The minimum absolute atomic E-state index is 0.0947. The zero-order valence-electron chi connectivity index (χ0n) is 19.6. The third-order valence-corrected chi connectivity index (χ3v) is 9.86. The molecule has 0 amide bonds. The third kappa shape index (κ3) is 7.12. The van der Waals surface area contributed by atoms with Gasteiger partial charge in [-0.1, -0.05) is 37.8 Å². The van der Waals surface area contributed by atoms with Crippen molar-refractivity contribution in [3.05, 3.63) is 46.9 Å². The van der Waals surface area contributed by atoms with Crippen LogP contribution < -0.4 is 9.44 Å². The van der Waals surface area contributed by atoms with Crippen LogP contribution in [0.3, 0.4) is 0 Å². The molecule has 1 saturated carbocycles. The van der Waals surface area contributed by atoms with Crippen LogP contribution in [0.15, 0.2) is 35.7 Å². The maximum atomic E-state index is 12.0. The van der Waals surface area contributed by atoms with E-state index in [0.29, 0.717) is 38.3 Å². The molecule has 0 aliphatic heterocycles. The van der Waals surface area contributed by atoms with Gasteiger partial charge in [0.25, 0.3) is 0 Å². The van der Waals surface area contributed by atoms with Gasteiger partial charge >= 0.3 is 0 Å². The van der Waals surface area contributed by atoms with Gasteiger partial charge in [-0.05, 0) is 75.8 Å². The number of aliphatic hydroxyl groups is 1. The van der Waals surface area contributed by atoms with Gasteiger partial charge in [-0.2, -0.15) is 0 Å². The molecule has 0 aromatic heterocycles. The molecule has 9 heteroatoms. The average Bonchev–Trinajstić information content (AvgIpc) is 2.72. The lowest BCUT2D eigenvalue weighted by Crippen LogP contribution is -2.38. The number of allylic oxidation sites excluding steroid dienone is 1. The fourth-order valence-corrected chi connectivity index (χ4v) is 5.44. The van der Waals surface area contributed by atoms with E-state index in [1.54, 1.807) is 13.8 Å². The molecular formula is C23H38N2O5S2. The van der Waals surface area contributed by atoms with Crippen molar-refractivity contribution in [3.63, 3.8) is 0 Å². The fraction of sp³-hybridized carbons (Fsp3) is 0.652. The Morgan fingerprint density at radius 1 is 1.09 bits per heavy atom. The molecule has 1 fully saturated rings. The SMILES string of the molecule is C=C(C)S(=O)(=O)NCCc1ccc(C2(O)CCC(C(C)CNS(=O)(=O)C(C)C)CC2)cc1. The van der Waals surface area contributed by atoms with Crippen LogP contribution in [0.1, 0.15) is 64.5 Å². The van der Waals surface area contributed by atoms with Crippen LogP contribution >= 0.6 is 0 Å². The molecule has 0 radical (unpaired) electrons. The van der Waals surface area contributed by atoms with Crippen molar-refractivity contribution in [2.24, 2.45) is 11.8 Å². The van der Waals surface area contributed by atoms with Crippen molar-refractivity contribution < 1.29 is 21.9 Å². The molecule has 1 aromatic rings. The Bertz CT molecular complexity index is 978. The van der Waals surface area contributed by atoms with Crippen molar-refractivity contribution in [2.45, 2.75) is 70.7 Å². The van der Waals surface area contributed by atoms with E-state index in [1.165, 1.54) is 6.92 Å². The Morgan fingerprint density at radius 2 is 1.66 bits per heavy atom. The molecule has 1 unspecified atom stereocenters. The van der Waals surface area contributed by atoms with Crippen LogP contribution in [0.2, 0.25) is 0 Å². The third-order valence-electron chi connectivity index (χ3n) is 6.55. The molecule has 2 rings (SSSR count). The van der Waals surface area contributed by atoms with Crippen LogP contribution in [0.5, 0.6) is 0 Å². The number of sulfonamides is 2. The van der Waals surface area contributed by atoms with Gasteiger partial charge in [-0.3, -0.25) is 0 Å². The molecular weight excluding hydrogens is 448 g/mol. The van der Waals surface area contributed by atoms with Gasteiger partial charge in [0, 0.05) is 18.0 Å². The second-order valence-electron chi connectivity index (χ2n) is 9.34. The number of nitrogens with one attached hydrogen (secondary N) is 2. The van der Waals surface area contributed by atoms with E-state index in [1.807, 2.05) is 24.3 Å². The maximum Gasteiger partial charge on any atom is 0.235 e. The summed E-state index contributed by atoms with van der Waals surface area (Å²) < 4.78 is 52.7. The Kier molecular flexibility index (Phi) is 9.09. The minimum Gasteiger partial charge on any atom is -0.385 e. The van der Waals surface area contributed by atoms with E-state index in [9.17, 15) is 21.9 Å². The van der Waals surface area contributed by atoms with Crippen LogP contribution in [0.4, 0.5) is 0 Å². The highest BCUT2D eigenvalue weighted by Gasteiger charge is 2.36. The first-order valence-electron chi connectivity index (χ1n) is 11.2. The topological polar surface area (TPSA) is 113 Å². The zero-order chi connectivity index (χ0) is 24.2. The lowest BCUT2D eigenvalue weighted by Gasteiger charge is -2.38. The van der Waals surface area contributed by atoms with E-state index < -0.39 is 30.9 Å². The summed E-state index contributed by atoms with van der Waals surface area (Å²) in [7, 11) is -6.72. The summed E-state index contributed by atoms with van der Waals surface area (Å²) >= 11 is 0. The van der Waals surface area contributed by atoms with Gasteiger partial charge in [-0.15, -0.1) is 0 Å². The first kappa shape index (κ1) is 27.0. The first-order chi connectivity index (χ1) is 14.8. The Balaban J connectivity index is 1.88. The predicted molar refractivity (Wildman–Crippen MR) is 129 cm³/mol. The van der Waals surface area contributed by atoms with E-state index in [0.717, 1.165) is 24.0 Å². The Hall–Kier alpha value is -1.26. The fourth-order valence-electron chi connectivity index (χ4n) is 3.99. The second-order valence-corrected chi connectivity index (χ2v) is 13.6. The van der Waals surface area contributed by atoms with Crippen molar-refractivity contribution in [3.8, 4) is 0 Å². The van der Waals surface area contributed by atoms with E-state index in [-0.39, 0.29) is 10.8 Å². The normalized spacial score (nSPS) is 23.2. The van der Waals surface area contributed by atoms with Crippen molar-refractivity contribution in [1.82, 2.24) is 9.44 Å². The van der Waals surface area contributed by atoms with Crippen LogP contribution in [-0.4, -0.2) is 40.3 Å². The summed E-state index contributed by atoms with van der Waals surface area (Å²) in [5.74, 6) is 0.573. The average molecular weight is 487 g/mol. The molecule has 1 aromatic carbocycles. The highest BCUT2D eigenvalue weighted by molar-refractivity contribution is 7.93. The van der Waals surface area contributed by atoms with E-state index >= 15 is 0 Å². The molecule has 32 heavy (non-hydrogen) atoms. The van der Waals surface area contributed by atoms with Gasteiger partial charge in [0.1, 0.15) is 0 Å². The van der Waals surface area contributed by atoms with Gasteiger partial charge < -0.3 is 5.11 Å².